The van der Waals surface area contributed by atoms with Gasteiger partial charge in [-0.2, -0.15) is 0 Å². The van der Waals surface area contributed by atoms with Gasteiger partial charge in [-0.25, -0.2) is 14.7 Å². The lowest BCUT2D eigenvalue weighted by atomic mass is 10.1. The molecule has 1 atom stereocenters. The van der Waals surface area contributed by atoms with Crippen molar-refractivity contribution in [3.8, 4) is 5.75 Å². The average molecular weight is 491 g/mol. The van der Waals surface area contributed by atoms with Gasteiger partial charge in [-0.3, -0.25) is 9.59 Å². The van der Waals surface area contributed by atoms with E-state index in [1.807, 2.05) is 0 Å². The summed E-state index contributed by atoms with van der Waals surface area (Å²) >= 11 is 0. The average Bonchev–Trinajstić information content (AvgIpc) is 2.91. The van der Waals surface area contributed by atoms with Crippen molar-refractivity contribution >= 4 is 23.6 Å². The fraction of sp³-hybridized carbons (Fsp3) is 0.214. The molecule has 1 aliphatic rings. The lowest BCUT2D eigenvalue weighted by Gasteiger charge is -2.22. The van der Waals surface area contributed by atoms with Crippen molar-refractivity contribution in [2.45, 2.75) is 32.2 Å². The van der Waals surface area contributed by atoms with E-state index in [0.717, 1.165) is 30.4 Å². The zero-order valence-electron chi connectivity index (χ0n) is 19.6. The van der Waals surface area contributed by atoms with Crippen molar-refractivity contribution in [1.82, 2.24) is 5.48 Å². The molecule has 0 bridgehead atoms. The van der Waals surface area contributed by atoms with Crippen LogP contribution in [0.5, 0.6) is 5.75 Å². The largest absolute Gasteiger partial charge is 0.489 e. The standard InChI is InChI=1S/C28H27FN2O5/c29-23-14-9-21(10-15-23)19-35-25-5-3-4-24(18-25)30-26(32)16-11-20-7-12-22(13-8-20)28(33)31-36-27-6-1-2-17-34-27/h3-5,7-16,18,27H,1-2,6,17,19H2,(H,30,32)(H,31,33)/b16-11+. The van der Waals surface area contributed by atoms with Gasteiger partial charge in [0, 0.05) is 36.4 Å². The number of hydrogen-bond acceptors (Lipinski definition) is 5. The number of amides is 2. The quantitative estimate of drug-likeness (QED) is 0.316. The summed E-state index contributed by atoms with van der Waals surface area (Å²) in [5.74, 6) is -0.394. The predicted molar refractivity (Wildman–Crippen MR) is 133 cm³/mol. The molecule has 1 aliphatic heterocycles. The third-order valence-corrected chi connectivity index (χ3v) is 5.44. The Bertz CT molecular complexity index is 1190. The zero-order chi connectivity index (χ0) is 25.2. The Labute approximate surface area is 208 Å². The van der Waals surface area contributed by atoms with E-state index in [1.54, 1.807) is 66.7 Å². The first-order valence-corrected chi connectivity index (χ1v) is 11.7. The molecule has 0 spiro atoms. The second kappa shape index (κ2) is 12.6. The highest BCUT2D eigenvalue weighted by Crippen LogP contribution is 2.19. The number of hydrogen-bond donors (Lipinski definition) is 2. The summed E-state index contributed by atoms with van der Waals surface area (Å²) in [7, 11) is 0. The van der Waals surface area contributed by atoms with E-state index in [2.05, 4.69) is 10.8 Å². The molecule has 1 saturated heterocycles. The van der Waals surface area contributed by atoms with Crippen molar-refractivity contribution in [1.29, 1.82) is 0 Å². The lowest BCUT2D eigenvalue weighted by molar-refractivity contribution is -0.186. The van der Waals surface area contributed by atoms with Crippen LogP contribution in [0.3, 0.4) is 0 Å². The van der Waals surface area contributed by atoms with E-state index in [1.165, 1.54) is 18.2 Å². The minimum atomic E-state index is -0.412. The summed E-state index contributed by atoms with van der Waals surface area (Å²) in [4.78, 5) is 29.9. The van der Waals surface area contributed by atoms with Gasteiger partial charge in [0.25, 0.3) is 5.91 Å². The van der Waals surface area contributed by atoms with Crippen LogP contribution in [0.4, 0.5) is 10.1 Å². The Balaban J connectivity index is 1.25. The Kier molecular flexibility index (Phi) is 8.80. The fourth-order valence-electron chi connectivity index (χ4n) is 3.49. The normalized spacial score (nSPS) is 15.4. The maximum absolute atomic E-state index is 13.0. The summed E-state index contributed by atoms with van der Waals surface area (Å²) in [6, 6.07) is 19.9. The molecule has 7 nitrogen and oxygen atoms in total. The Morgan fingerprint density at radius 2 is 1.83 bits per heavy atom. The summed E-state index contributed by atoms with van der Waals surface area (Å²) in [6.45, 7) is 0.915. The first-order valence-electron chi connectivity index (χ1n) is 11.7. The number of carbonyl (C=O) groups excluding carboxylic acids is 2. The smallest absolute Gasteiger partial charge is 0.274 e. The van der Waals surface area contributed by atoms with Gasteiger partial charge in [-0.1, -0.05) is 30.3 Å². The second-order valence-corrected chi connectivity index (χ2v) is 8.23. The van der Waals surface area contributed by atoms with E-state index < -0.39 is 6.29 Å². The monoisotopic (exact) mass is 490 g/mol. The maximum atomic E-state index is 13.0. The number of carbonyl (C=O) groups is 2. The Morgan fingerprint density at radius 3 is 2.58 bits per heavy atom. The highest BCUT2D eigenvalue weighted by atomic mass is 19.1. The van der Waals surface area contributed by atoms with Crippen LogP contribution in [-0.2, 0) is 21.0 Å². The first-order chi connectivity index (χ1) is 17.5. The van der Waals surface area contributed by atoms with Crippen molar-refractivity contribution < 1.29 is 28.3 Å². The number of ether oxygens (including phenoxy) is 2. The molecule has 36 heavy (non-hydrogen) atoms. The molecule has 0 radical (unpaired) electrons. The molecule has 3 aromatic carbocycles. The van der Waals surface area contributed by atoms with Crippen LogP contribution < -0.4 is 15.5 Å². The lowest BCUT2D eigenvalue weighted by Crippen LogP contribution is -2.33. The van der Waals surface area contributed by atoms with E-state index in [-0.39, 0.29) is 24.2 Å². The third-order valence-electron chi connectivity index (χ3n) is 5.44. The topological polar surface area (TPSA) is 85.9 Å². The van der Waals surface area contributed by atoms with Gasteiger partial charge >= 0.3 is 0 Å². The number of nitrogens with one attached hydrogen (secondary N) is 2. The summed E-state index contributed by atoms with van der Waals surface area (Å²) in [6.07, 6.45) is 5.40. The van der Waals surface area contributed by atoms with E-state index in [4.69, 9.17) is 14.3 Å². The van der Waals surface area contributed by atoms with E-state index in [0.29, 0.717) is 23.6 Å². The van der Waals surface area contributed by atoms with Gasteiger partial charge in [0.15, 0.2) is 6.29 Å². The molecule has 1 unspecified atom stereocenters. The van der Waals surface area contributed by atoms with Crippen LogP contribution in [-0.4, -0.2) is 24.7 Å². The molecule has 1 heterocycles. The fourth-order valence-corrected chi connectivity index (χ4v) is 3.49. The molecule has 8 heteroatoms. The van der Waals surface area contributed by atoms with Crippen LogP contribution in [0, 0.1) is 5.82 Å². The molecule has 0 aromatic heterocycles. The van der Waals surface area contributed by atoms with Crippen molar-refractivity contribution in [2.24, 2.45) is 0 Å². The first kappa shape index (κ1) is 25.1. The van der Waals surface area contributed by atoms with Crippen LogP contribution in [0.1, 0.15) is 40.7 Å². The third kappa shape index (κ3) is 7.76. The minimum absolute atomic E-state index is 0.284. The van der Waals surface area contributed by atoms with Gasteiger partial charge in [0.05, 0.1) is 0 Å². The van der Waals surface area contributed by atoms with Gasteiger partial charge in [-0.15, -0.1) is 0 Å². The van der Waals surface area contributed by atoms with Gasteiger partial charge in [0.2, 0.25) is 5.91 Å². The molecule has 2 N–H and O–H groups in total. The number of halogens is 1. The molecule has 0 aliphatic carbocycles. The summed E-state index contributed by atoms with van der Waals surface area (Å²) in [5, 5.41) is 2.79. The van der Waals surface area contributed by atoms with Gasteiger partial charge in [0.1, 0.15) is 18.2 Å². The SMILES string of the molecule is O=C(/C=C/c1ccc(C(=O)NOC2CCCCO2)cc1)Nc1cccc(OCc2ccc(F)cc2)c1. The van der Waals surface area contributed by atoms with Crippen molar-refractivity contribution in [3.63, 3.8) is 0 Å². The van der Waals surface area contributed by atoms with Gasteiger partial charge < -0.3 is 14.8 Å². The molecular weight excluding hydrogens is 463 g/mol. The molecule has 0 saturated carbocycles. The zero-order valence-corrected chi connectivity index (χ0v) is 19.6. The van der Waals surface area contributed by atoms with Gasteiger partial charge in [-0.05, 0) is 66.4 Å². The van der Waals surface area contributed by atoms with E-state index in [9.17, 15) is 14.0 Å². The summed E-state index contributed by atoms with van der Waals surface area (Å²) < 4.78 is 24.2. The Hall–Kier alpha value is -4.01. The van der Waals surface area contributed by atoms with Crippen LogP contribution in [0.15, 0.2) is 78.9 Å². The molecule has 2 amide bonds. The van der Waals surface area contributed by atoms with Crippen LogP contribution >= 0.6 is 0 Å². The number of rotatable bonds is 9. The van der Waals surface area contributed by atoms with E-state index >= 15 is 0 Å². The maximum Gasteiger partial charge on any atom is 0.274 e. The highest BCUT2D eigenvalue weighted by molar-refractivity contribution is 6.02. The summed E-state index contributed by atoms with van der Waals surface area (Å²) in [5.41, 5.74) is 5.03. The minimum Gasteiger partial charge on any atom is -0.489 e. The second-order valence-electron chi connectivity index (χ2n) is 8.23. The van der Waals surface area contributed by atoms with Crippen LogP contribution in [0.2, 0.25) is 0 Å². The molecule has 3 aromatic rings. The van der Waals surface area contributed by atoms with Crippen LogP contribution in [0.25, 0.3) is 6.08 Å². The Morgan fingerprint density at radius 1 is 1.03 bits per heavy atom. The number of benzene rings is 3. The molecule has 1 fully saturated rings. The van der Waals surface area contributed by atoms with Crippen molar-refractivity contribution in [3.05, 3.63) is 101 Å². The van der Waals surface area contributed by atoms with Crippen molar-refractivity contribution in [2.75, 3.05) is 11.9 Å². The number of anilines is 1. The number of hydroxylamine groups is 1. The molecular formula is C28H27FN2O5. The predicted octanol–water partition coefficient (Wildman–Crippen LogP) is 5.24. The molecule has 4 rings (SSSR count). The highest BCUT2D eigenvalue weighted by Gasteiger charge is 2.16. The molecule has 186 valence electrons.